The van der Waals surface area contributed by atoms with Crippen LogP contribution in [0.1, 0.15) is 28.4 Å². The minimum absolute atomic E-state index is 0.254. The SMILES string of the molecule is Cc1ccc(C(=O)CS(=O)C(C)C(=O)O)cc1C. The molecule has 0 amide bonds. The number of carboxylic acid groups (broad SMARTS) is 1. The monoisotopic (exact) mass is 268 g/mol. The van der Waals surface area contributed by atoms with Crippen LogP contribution in [0.3, 0.4) is 0 Å². The van der Waals surface area contributed by atoms with E-state index in [0.29, 0.717) is 5.56 Å². The molecular formula is C13H16O4S. The molecule has 4 nitrogen and oxygen atoms in total. The Bertz CT molecular complexity index is 508. The Morgan fingerprint density at radius 2 is 1.89 bits per heavy atom. The Balaban J connectivity index is 2.80. The van der Waals surface area contributed by atoms with Crippen molar-refractivity contribution in [3.63, 3.8) is 0 Å². The van der Waals surface area contributed by atoms with Gasteiger partial charge in [0.15, 0.2) is 5.78 Å². The lowest BCUT2D eigenvalue weighted by Gasteiger charge is -2.07. The average Bonchev–Trinajstić information content (AvgIpc) is 2.31. The molecule has 1 rings (SSSR count). The third kappa shape index (κ3) is 3.50. The summed E-state index contributed by atoms with van der Waals surface area (Å²) in [6.07, 6.45) is 0. The number of hydrogen-bond acceptors (Lipinski definition) is 3. The summed E-state index contributed by atoms with van der Waals surface area (Å²) < 4.78 is 11.6. The summed E-state index contributed by atoms with van der Waals surface area (Å²) >= 11 is 0. The van der Waals surface area contributed by atoms with Crippen LogP contribution in [0.4, 0.5) is 0 Å². The molecular weight excluding hydrogens is 252 g/mol. The first-order valence-corrected chi connectivity index (χ1v) is 6.91. The van der Waals surface area contributed by atoms with Crippen molar-refractivity contribution in [3.05, 3.63) is 34.9 Å². The molecule has 2 atom stereocenters. The lowest BCUT2D eigenvalue weighted by atomic mass is 10.0. The van der Waals surface area contributed by atoms with Gasteiger partial charge in [-0.05, 0) is 38.0 Å². The predicted octanol–water partition coefficient (Wildman–Crippen LogP) is 1.71. The van der Waals surface area contributed by atoms with Crippen LogP contribution in [0, 0.1) is 13.8 Å². The normalized spacial score (nSPS) is 13.9. The second-order valence-electron chi connectivity index (χ2n) is 4.23. The number of aliphatic carboxylic acids is 1. The van der Waals surface area contributed by atoms with Crippen molar-refractivity contribution < 1.29 is 18.9 Å². The van der Waals surface area contributed by atoms with Crippen molar-refractivity contribution in [2.75, 3.05) is 5.75 Å². The van der Waals surface area contributed by atoms with Gasteiger partial charge in [0.2, 0.25) is 0 Å². The van der Waals surface area contributed by atoms with E-state index in [0.717, 1.165) is 11.1 Å². The molecule has 0 fully saturated rings. The molecule has 1 aromatic carbocycles. The van der Waals surface area contributed by atoms with Crippen molar-refractivity contribution in [2.24, 2.45) is 0 Å². The molecule has 0 aliphatic carbocycles. The van der Waals surface area contributed by atoms with Crippen molar-refractivity contribution in [1.29, 1.82) is 0 Å². The molecule has 0 aliphatic rings. The van der Waals surface area contributed by atoms with E-state index < -0.39 is 22.0 Å². The molecule has 2 unspecified atom stereocenters. The third-order valence-electron chi connectivity index (χ3n) is 2.84. The Morgan fingerprint density at radius 1 is 1.28 bits per heavy atom. The highest BCUT2D eigenvalue weighted by atomic mass is 32.2. The van der Waals surface area contributed by atoms with Gasteiger partial charge in [0.25, 0.3) is 0 Å². The zero-order chi connectivity index (χ0) is 13.9. The lowest BCUT2D eigenvalue weighted by Crippen LogP contribution is -2.26. The molecule has 1 N–H and O–H groups in total. The number of benzene rings is 1. The van der Waals surface area contributed by atoms with Gasteiger partial charge in [-0.25, -0.2) is 0 Å². The van der Waals surface area contributed by atoms with E-state index in [1.54, 1.807) is 12.1 Å². The van der Waals surface area contributed by atoms with Crippen LogP contribution < -0.4 is 0 Å². The second kappa shape index (κ2) is 5.91. The van der Waals surface area contributed by atoms with Crippen LogP contribution in [0.5, 0.6) is 0 Å². The zero-order valence-corrected chi connectivity index (χ0v) is 11.4. The van der Waals surface area contributed by atoms with Gasteiger partial charge in [-0.2, -0.15) is 0 Å². The molecule has 0 spiro atoms. The van der Waals surface area contributed by atoms with Gasteiger partial charge in [-0.1, -0.05) is 12.1 Å². The molecule has 18 heavy (non-hydrogen) atoms. The standard InChI is InChI=1S/C13H16O4S/c1-8-4-5-11(6-9(8)2)12(14)7-18(17)10(3)13(15)16/h4-6,10H,7H2,1-3H3,(H,15,16). The van der Waals surface area contributed by atoms with Crippen molar-refractivity contribution in [2.45, 2.75) is 26.0 Å². The van der Waals surface area contributed by atoms with E-state index in [1.165, 1.54) is 6.92 Å². The van der Waals surface area contributed by atoms with Crippen LogP contribution in [-0.2, 0) is 15.6 Å². The van der Waals surface area contributed by atoms with Crippen LogP contribution in [-0.4, -0.2) is 32.1 Å². The van der Waals surface area contributed by atoms with Crippen LogP contribution in [0.15, 0.2) is 18.2 Å². The van der Waals surface area contributed by atoms with Gasteiger partial charge in [0.1, 0.15) is 5.25 Å². The number of rotatable bonds is 5. The summed E-state index contributed by atoms with van der Waals surface area (Å²) in [5.74, 6) is -1.69. The summed E-state index contributed by atoms with van der Waals surface area (Å²) in [7, 11) is -1.69. The summed E-state index contributed by atoms with van der Waals surface area (Å²) in [6.45, 7) is 5.17. The Morgan fingerprint density at radius 3 is 2.39 bits per heavy atom. The number of ketones is 1. The highest BCUT2D eigenvalue weighted by molar-refractivity contribution is 7.87. The van der Waals surface area contributed by atoms with Crippen molar-refractivity contribution in [1.82, 2.24) is 0 Å². The van der Waals surface area contributed by atoms with Gasteiger partial charge in [0, 0.05) is 16.4 Å². The first-order chi connectivity index (χ1) is 8.32. The van der Waals surface area contributed by atoms with Crippen molar-refractivity contribution in [3.8, 4) is 0 Å². The fourth-order valence-corrected chi connectivity index (χ4v) is 2.26. The lowest BCUT2D eigenvalue weighted by molar-refractivity contribution is -0.136. The van der Waals surface area contributed by atoms with E-state index in [4.69, 9.17) is 5.11 Å². The minimum atomic E-state index is -1.69. The van der Waals surface area contributed by atoms with E-state index in [-0.39, 0.29) is 11.5 Å². The van der Waals surface area contributed by atoms with Crippen LogP contribution >= 0.6 is 0 Å². The molecule has 98 valence electrons. The van der Waals surface area contributed by atoms with Gasteiger partial charge in [-0.3, -0.25) is 13.8 Å². The molecule has 0 aliphatic heterocycles. The Kier molecular flexibility index (Phi) is 4.78. The van der Waals surface area contributed by atoms with E-state index in [2.05, 4.69) is 0 Å². The van der Waals surface area contributed by atoms with Crippen molar-refractivity contribution >= 4 is 22.6 Å². The van der Waals surface area contributed by atoms with Crippen LogP contribution in [0.2, 0.25) is 0 Å². The van der Waals surface area contributed by atoms with Gasteiger partial charge in [0.05, 0.1) is 5.75 Å². The average molecular weight is 268 g/mol. The van der Waals surface area contributed by atoms with Gasteiger partial charge >= 0.3 is 5.97 Å². The fraction of sp³-hybridized carbons (Fsp3) is 0.385. The molecule has 0 saturated heterocycles. The molecule has 1 aromatic rings. The topological polar surface area (TPSA) is 71.4 Å². The predicted molar refractivity (Wildman–Crippen MR) is 70.4 cm³/mol. The molecule has 0 bridgehead atoms. The van der Waals surface area contributed by atoms with Gasteiger partial charge < -0.3 is 5.11 Å². The van der Waals surface area contributed by atoms with E-state index in [9.17, 15) is 13.8 Å². The first-order valence-electron chi connectivity index (χ1n) is 5.53. The highest BCUT2D eigenvalue weighted by Gasteiger charge is 2.22. The number of carbonyl (C=O) groups is 2. The number of carboxylic acids is 1. The minimum Gasteiger partial charge on any atom is -0.480 e. The summed E-state index contributed by atoms with van der Waals surface area (Å²) in [5.41, 5.74) is 2.54. The highest BCUT2D eigenvalue weighted by Crippen LogP contribution is 2.11. The Hall–Kier alpha value is -1.49. The number of Topliss-reactive ketones (excluding diaryl/α,β-unsaturated/α-hetero) is 1. The maximum Gasteiger partial charge on any atom is 0.318 e. The maximum atomic E-state index is 11.9. The van der Waals surface area contributed by atoms with E-state index in [1.807, 2.05) is 19.9 Å². The van der Waals surface area contributed by atoms with Gasteiger partial charge in [-0.15, -0.1) is 0 Å². The molecule has 0 saturated carbocycles. The number of aryl methyl sites for hydroxylation is 2. The summed E-state index contributed by atoms with van der Waals surface area (Å²) in [6, 6.07) is 5.24. The second-order valence-corrected chi connectivity index (χ2v) is 5.99. The van der Waals surface area contributed by atoms with Crippen LogP contribution in [0.25, 0.3) is 0 Å². The maximum absolute atomic E-state index is 11.9. The fourth-order valence-electron chi connectivity index (χ4n) is 1.36. The Labute approximate surface area is 108 Å². The summed E-state index contributed by atoms with van der Waals surface area (Å²) in [5, 5.41) is 7.68. The largest absolute Gasteiger partial charge is 0.480 e. The van der Waals surface area contributed by atoms with E-state index >= 15 is 0 Å². The summed E-state index contributed by atoms with van der Waals surface area (Å²) in [4.78, 5) is 22.5. The molecule has 0 heterocycles. The quantitative estimate of drug-likeness (QED) is 0.825. The third-order valence-corrected chi connectivity index (χ3v) is 4.38. The number of hydrogen-bond donors (Lipinski definition) is 1. The molecule has 5 heteroatoms. The zero-order valence-electron chi connectivity index (χ0n) is 10.6. The first kappa shape index (κ1) is 14.6. The molecule has 0 radical (unpaired) electrons. The smallest absolute Gasteiger partial charge is 0.318 e. The molecule has 0 aromatic heterocycles. The number of carbonyl (C=O) groups excluding carboxylic acids is 1.